The number of anilines is 1. The number of nitrogens with one attached hydrogen (secondary N) is 1. The van der Waals surface area contributed by atoms with Crippen molar-refractivity contribution in [3.8, 4) is 0 Å². The zero-order chi connectivity index (χ0) is 17.9. The molecular formula is C15H11F3N2O3S. The third kappa shape index (κ3) is 4.25. The van der Waals surface area contributed by atoms with E-state index in [0.29, 0.717) is 17.0 Å². The van der Waals surface area contributed by atoms with Gasteiger partial charge in [0.2, 0.25) is 5.91 Å². The van der Waals surface area contributed by atoms with Gasteiger partial charge in [0.25, 0.3) is 5.69 Å². The van der Waals surface area contributed by atoms with Gasteiger partial charge in [-0.15, -0.1) is 11.8 Å². The highest BCUT2D eigenvalue weighted by atomic mass is 32.2. The molecule has 0 spiro atoms. The van der Waals surface area contributed by atoms with E-state index in [-0.39, 0.29) is 5.69 Å². The second-order valence-corrected chi connectivity index (χ2v) is 6.16. The zero-order valence-electron chi connectivity index (χ0n) is 12.3. The monoisotopic (exact) mass is 356 g/mol. The molecule has 5 nitrogen and oxygen atoms in total. The maximum atomic E-state index is 13.5. The SMILES string of the molecule is CC(Sc1ccc([N+](=O)[O-])cc1)C(=O)Nc1cc(F)c(F)cc1F. The minimum Gasteiger partial charge on any atom is -0.323 e. The Hall–Kier alpha value is -2.55. The van der Waals surface area contributed by atoms with E-state index < -0.39 is 39.2 Å². The molecule has 9 heteroatoms. The van der Waals surface area contributed by atoms with Crippen LogP contribution in [0, 0.1) is 27.6 Å². The highest BCUT2D eigenvalue weighted by Crippen LogP contribution is 2.27. The van der Waals surface area contributed by atoms with Crippen molar-refractivity contribution in [2.75, 3.05) is 5.32 Å². The van der Waals surface area contributed by atoms with Crippen LogP contribution in [-0.2, 0) is 4.79 Å². The summed E-state index contributed by atoms with van der Waals surface area (Å²) < 4.78 is 39.5. The largest absolute Gasteiger partial charge is 0.323 e. The molecule has 1 amide bonds. The molecule has 0 bridgehead atoms. The lowest BCUT2D eigenvalue weighted by atomic mass is 10.2. The highest BCUT2D eigenvalue weighted by Gasteiger charge is 2.18. The average Bonchev–Trinajstić information content (AvgIpc) is 2.53. The number of hydrogen-bond acceptors (Lipinski definition) is 4. The first kappa shape index (κ1) is 17.8. The van der Waals surface area contributed by atoms with Crippen molar-refractivity contribution in [3.63, 3.8) is 0 Å². The van der Waals surface area contributed by atoms with E-state index >= 15 is 0 Å². The second kappa shape index (κ2) is 7.35. The summed E-state index contributed by atoms with van der Waals surface area (Å²) in [4.78, 5) is 22.6. The second-order valence-electron chi connectivity index (χ2n) is 4.75. The Morgan fingerprint density at radius 1 is 1.12 bits per heavy atom. The van der Waals surface area contributed by atoms with Gasteiger partial charge in [-0.05, 0) is 19.1 Å². The normalized spacial score (nSPS) is 11.8. The van der Waals surface area contributed by atoms with Crippen LogP contribution in [0.2, 0.25) is 0 Å². The third-order valence-electron chi connectivity index (χ3n) is 3.00. The number of rotatable bonds is 5. The molecule has 126 valence electrons. The summed E-state index contributed by atoms with van der Waals surface area (Å²) in [7, 11) is 0. The number of halogens is 3. The van der Waals surface area contributed by atoms with Crippen LogP contribution in [0.4, 0.5) is 24.5 Å². The maximum absolute atomic E-state index is 13.5. The van der Waals surface area contributed by atoms with Gasteiger partial charge in [-0.2, -0.15) is 0 Å². The van der Waals surface area contributed by atoms with Crippen molar-refractivity contribution in [2.45, 2.75) is 17.1 Å². The van der Waals surface area contributed by atoms with Gasteiger partial charge in [-0.1, -0.05) is 0 Å². The summed E-state index contributed by atoms with van der Waals surface area (Å²) >= 11 is 1.08. The molecule has 24 heavy (non-hydrogen) atoms. The van der Waals surface area contributed by atoms with Crippen molar-refractivity contribution in [2.24, 2.45) is 0 Å². The van der Waals surface area contributed by atoms with Crippen LogP contribution in [0.5, 0.6) is 0 Å². The number of nitro benzene ring substituents is 1. The molecule has 1 unspecified atom stereocenters. The fourth-order valence-corrected chi connectivity index (χ4v) is 2.62. The first-order valence-corrected chi connectivity index (χ1v) is 7.52. The van der Waals surface area contributed by atoms with E-state index in [0.717, 1.165) is 11.8 Å². The number of thioether (sulfide) groups is 1. The molecule has 0 aliphatic heterocycles. The van der Waals surface area contributed by atoms with Crippen molar-refractivity contribution < 1.29 is 22.9 Å². The quantitative estimate of drug-likeness (QED) is 0.378. The van der Waals surface area contributed by atoms with Crippen molar-refractivity contribution >= 4 is 29.0 Å². The van der Waals surface area contributed by atoms with E-state index in [1.54, 1.807) is 0 Å². The summed E-state index contributed by atoms with van der Waals surface area (Å²) in [6.45, 7) is 1.53. The van der Waals surface area contributed by atoms with Crippen LogP contribution in [0.1, 0.15) is 6.92 Å². The third-order valence-corrected chi connectivity index (χ3v) is 4.11. The van der Waals surface area contributed by atoms with Crippen LogP contribution < -0.4 is 5.32 Å². The Balaban J connectivity index is 2.04. The van der Waals surface area contributed by atoms with Crippen LogP contribution >= 0.6 is 11.8 Å². The van der Waals surface area contributed by atoms with Crippen molar-refractivity contribution in [1.82, 2.24) is 0 Å². The molecule has 0 radical (unpaired) electrons. The molecule has 0 aliphatic rings. The summed E-state index contributed by atoms with van der Waals surface area (Å²) in [5.41, 5.74) is -0.546. The van der Waals surface area contributed by atoms with E-state index in [1.807, 2.05) is 0 Å². The first-order valence-electron chi connectivity index (χ1n) is 6.64. The van der Waals surface area contributed by atoms with Crippen LogP contribution in [0.15, 0.2) is 41.3 Å². The topological polar surface area (TPSA) is 72.2 Å². The Bertz CT molecular complexity index is 784. The van der Waals surface area contributed by atoms with Gasteiger partial charge in [-0.25, -0.2) is 13.2 Å². The number of non-ortho nitro benzene ring substituents is 1. The molecule has 2 rings (SSSR count). The fourth-order valence-electron chi connectivity index (χ4n) is 1.76. The lowest BCUT2D eigenvalue weighted by Crippen LogP contribution is -2.23. The number of benzene rings is 2. The number of carbonyl (C=O) groups excluding carboxylic acids is 1. The van der Waals surface area contributed by atoms with Crippen LogP contribution in [-0.4, -0.2) is 16.1 Å². The standard InChI is InChI=1S/C15H11F3N2O3S/c1-8(24-10-4-2-9(3-5-10)20(22)23)15(21)19-14-7-12(17)11(16)6-13(14)18/h2-8H,1H3,(H,19,21). The number of amides is 1. The van der Waals surface area contributed by atoms with E-state index in [1.165, 1.54) is 31.2 Å². The molecule has 1 N–H and O–H groups in total. The van der Waals surface area contributed by atoms with Gasteiger partial charge in [0.15, 0.2) is 11.6 Å². The van der Waals surface area contributed by atoms with E-state index in [9.17, 15) is 28.1 Å². The lowest BCUT2D eigenvalue weighted by Gasteiger charge is -2.12. The number of nitro groups is 1. The fraction of sp³-hybridized carbons (Fsp3) is 0.133. The number of carbonyl (C=O) groups is 1. The van der Waals surface area contributed by atoms with E-state index in [4.69, 9.17) is 0 Å². The van der Waals surface area contributed by atoms with Gasteiger partial charge in [0.05, 0.1) is 15.9 Å². The smallest absolute Gasteiger partial charge is 0.269 e. The minimum atomic E-state index is -1.35. The average molecular weight is 356 g/mol. The minimum absolute atomic E-state index is 0.0830. The van der Waals surface area contributed by atoms with E-state index in [2.05, 4.69) is 5.32 Å². The molecule has 0 saturated heterocycles. The molecular weight excluding hydrogens is 345 g/mol. The maximum Gasteiger partial charge on any atom is 0.269 e. The van der Waals surface area contributed by atoms with Gasteiger partial charge >= 0.3 is 0 Å². The zero-order valence-corrected chi connectivity index (χ0v) is 13.1. The van der Waals surface area contributed by atoms with Gasteiger partial charge < -0.3 is 5.32 Å². The summed E-state index contributed by atoms with van der Waals surface area (Å²) in [6, 6.07) is 6.45. The highest BCUT2D eigenvalue weighted by molar-refractivity contribution is 8.00. The van der Waals surface area contributed by atoms with Gasteiger partial charge in [0, 0.05) is 29.2 Å². The first-order chi connectivity index (χ1) is 11.3. The molecule has 0 saturated carbocycles. The summed E-state index contributed by atoms with van der Waals surface area (Å²) in [6.07, 6.45) is 0. The molecule has 2 aromatic carbocycles. The van der Waals surface area contributed by atoms with Crippen LogP contribution in [0.25, 0.3) is 0 Å². The molecule has 0 heterocycles. The summed E-state index contributed by atoms with van der Waals surface area (Å²) in [5, 5.41) is 12.1. The van der Waals surface area contributed by atoms with Crippen LogP contribution in [0.3, 0.4) is 0 Å². The van der Waals surface area contributed by atoms with Gasteiger partial charge in [-0.3, -0.25) is 14.9 Å². The molecule has 0 fully saturated rings. The predicted octanol–water partition coefficient (Wildman–Crippen LogP) is 4.13. The summed E-state index contributed by atoms with van der Waals surface area (Å²) in [5.74, 6) is -4.33. The Labute approximate surface area is 139 Å². The number of hydrogen-bond donors (Lipinski definition) is 1. The Morgan fingerprint density at radius 2 is 1.71 bits per heavy atom. The molecule has 0 aromatic heterocycles. The Kier molecular flexibility index (Phi) is 5.45. The Morgan fingerprint density at radius 3 is 2.29 bits per heavy atom. The van der Waals surface area contributed by atoms with Gasteiger partial charge in [0.1, 0.15) is 5.82 Å². The molecule has 2 aromatic rings. The van der Waals surface area contributed by atoms with Crippen molar-refractivity contribution in [3.05, 3.63) is 64.0 Å². The predicted molar refractivity (Wildman–Crippen MR) is 83.4 cm³/mol. The van der Waals surface area contributed by atoms with Crippen molar-refractivity contribution in [1.29, 1.82) is 0 Å². The molecule has 1 atom stereocenters. The lowest BCUT2D eigenvalue weighted by molar-refractivity contribution is -0.384. The number of nitrogens with zero attached hydrogens (tertiary/aromatic N) is 1. The molecule has 0 aliphatic carbocycles.